The third-order valence-electron chi connectivity index (χ3n) is 1.96. The highest BCUT2D eigenvalue weighted by atomic mass is 32.1. The molecular formula is C10H17NS. The third-order valence-corrected chi connectivity index (χ3v) is 2.69. The van der Waals surface area contributed by atoms with E-state index >= 15 is 0 Å². The minimum absolute atomic E-state index is 0.368. The van der Waals surface area contributed by atoms with Gasteiger partial charge in [-0.15, -0.1) is 0 Å². The maximum Gasteiger partial charge on any atom is 0.00104 e. The number of unbranched alkanes of at least 4 members (excludes halogenated alkanes) is 1. The summed E-state index contributed by atoms with van der Waals surface area (Å²) in [5.41, 5.74) is 7.13. The second kappa shape index (κ2) is 5.33. The summed E-state index contributed by atoms with van der Waals surface area (Å²) < 4.78 is 0. The van der Waals surface area contributed by atoms with Gasteiger partial charge in [-0.25, -0.2) is 0 Å². The Morgan fingerprint density at radius 3 is 2.92 bits per heavy atom. The number of hydrogen-bond acceptors (Lipinski definition) is 2. The predicted octanol–water partition coefficient (Wildman–Crippen LogP) is 2.81. The summed E-state index contributed by atoms with van der Waals surface area (Å²) in [6, 6.07) is 2.57. The van der Waals surface area contributed by atoms with Crippen molar-refractivity contribution >= 4 is 11.3 Å². The molecule has 1 atom stereocenters. The van der Waals surface area contributed by atoms with Gasteiger partial charge < -0.3 is 5.73 Å². The lowest BCUT2D eigenvalue weighted by Gasteiger charge is -2.03. The molecule has 12 heavy (non-hydrogen) atoms. The van der Waals surface area contributed by atoms with E-state index in [2.05, 4.69) is 23.8 Å². The highest BCUT2D eigenvalue weighted by Gasteiger charge is 1.95. The molecule has 0 amide bonds. The van der Waals surface area contributed by atoms with Crippen LogP contribution in [0.25, 0.3) is 0 Å². The van der Waals surface area contributed by atoms with Crippen molar-refractivity contribution in [2.45, 2.75) is 38.6 Å². The fourth-order valence-electron chi connectivity index (χ4n) is 1.23. The van der Waals surface area contributed by atoms with Crippen LogP contribution >= 0.6 is 11.3 Å². The van der Waals surface area contributed by atoms with Crippen molar-refractivity contribution in [1.82, 2.24) is 0 Å². The molecule has 0 fully saturated rings. The number of nitrogens with two attached hydrogens (primary N) is 1. The van der Waals surface area contributed by atoms with Crippen LogP contribution in [0.15, 0.2) is 16.8 Å². The normalized spacial score (nSPS) is 13.2. The van der Waals surface area contributed by atoms with Crippen LogP contribution in [0.1, 0.15) is 31.7 Å². The van der Waals surface area contributed by atoms with E-state index in [1.165, 1.54) is 24.8 Å². The van der Waals surface area contributed by atoms with Crippen LogP contribution in [0.3, 0.4) is 0 Å². The van der Waals surface area contributed by atoms with E-state index in [4.69, 9.17) is 5.73 Å². The summed E-state index contributed by atoms with van der Waals surface area (Å²) in [7, 11) is 0. The first-order valence-corrected chi connectivity index (χ1v) is 5.50. The molecule has 0 saturated carbocycles. The minimum atomic E-state index is 0.368. The smallest absolute Gasteiger partial charge is 0.00104 e. The van der Waals surface area contributed by atoms with E-state index in [-0.39, 0.29) is 0 Å². The van der Waals surface area contributed by atoms with Crippen molar-refractivity contribution in [2.75, 3.05) is 0 Å². The SMILES string of the molecule is CC(N)CCCCc1ccsc1. The van der Waals surface area contributed by atoms with Gasteiger partial charge in [0.15, 0.2) is 0 Å². The second-order valence-electron chi connectivity index (χ2n) is 3.35. The number of aryl methyl sites for hydroxylation is 1. The first-order valence-electron chi connectivity index (χ1n) is 4.55. The molecule has 0 bridgehead atoms. The molecule has 0 aliphatic rings. The van der Waals surface area contributed by atoms with Gasteiger partial charge in [0.2, 0.25) is 0 Å². The molecule has 0 radical (unpaired) electrons. The van der Waals surface area contributed by atoms with E-state index in [1.54, 1.807) is 11.3 Å². The van der Waals surface area contributed by atoms with Crippen molar-refractivity contribution in [1.29, 1.82) is 0 Å². The summed E-state index contributed by atoms with van der Waals surface area (Å²) in [6.45, 7) is 2.07. The fraction of sp³-hybridized carbons (Fsp3) is 0.600. The maximum atomic E-state index is 5.65. The highest BCUT2D eigenvalue weighted by Crippen LogP contribution is 2.10. The van der Waals surface area contributed by atoms with Crippen LogP contribution in [-0.4, -0.2) is 6.04 Å². The molecule has 1 nitrogen and oxygen atoms in total. The van der Waals surface area contributed by atoms with Gasteiger partial charge in [0.05, 0.1) is 0 Å². The molecule has 0 spiro atoms. The molecule has 0 saturated heterocycles. The van der Waals surface area contributed by atoms with Gasteiger partial charge in [0.25, 0.3) is 0 Å². The van der Waals surface area contributed by atoms with Crippen molar-refractivity contribution in [2.24, 2.45) is 5.73 Å². The average molecular weight is 183 g/mol. The standard InChI is InChI=1S/C10H17NS/c1-9(11)4-2-3-5-10-6-7-12-8-10/h6-9H,2-5,11H2,1H3. The Balaban J connectivity index is 2.04. The van der Waals surface area contributed by atoms with E-state index in [9.17, 15) is 0 Å². The van der Waals surface area contributed by atoms with Gasteiger partial charge in [0, 0.05) is 6.04 Å². The van der Waals surface area contributed by atoms with Crippen molar-refractivity contribution < 1.29 is 0 Å². The molecular weight excluding hydrogens is 166 g/mol. The van der Waals surface area contributed by atoms with Gasteiger partial charge in [-0.05, 0) is 48.6 Å². The molecule has 2 heteroatoms. The Hall–Kier alpha value is -0.340. The van der Waals surface area contributed by atoms with E-state index < -0.39 is 0 Å². The lowest BCUT2D eigenvalue weighted by atomic mass is 10.1. The Morgan fingerprint density at radius 2 is 2.33 bits per heavy atom. The summed E-state index contributed by atoms with van der Waals surface area (Å²) in [5.74, 6) is 0. The zero-order valence-electron chi connectivity index (χ0n) is 7.62. The third kappa shape index (κ3) is 3.88. The van der Waals surface area contributed by atoms with E-state index in [0.29, 0.717) is 6.04 Å². The van der Waals surface area contributed by atoms with Crippen molar-refractivity contribution in [3.63, 3.8) is 0 Å². The van der Waals surface area contributed by atoms with Gasteiger partial charge in [-0.1, -0.05) is 6.42 Å². The predicted molar refractivity (Wildman–Crippen MR) is 55.5 cm³/mol. The summed E-state index contributed by atoms with van der Waals surface area (Å²) in [5, 5.41) is 4.37. The topological polar surface area (TPSA) is 26.0 Å². The molecule has 1 aromatic rings. The number of thiophene rings is 1. The number of hydrogen-bond donors (Lipinski definition) is 1. The largest absolute Gasteiger partial charge is 0.328 e. The Labute approximate surface area is 78.6 Å². The highest BCUT2D eigenvalue weighted by molar-refractivity contribution is 7.07. The Morgan fingerprint density at radius 1 is 1.50 bits per heavy atom. The fourth-order valence-corrected chi connectivity index (χ4v) is 1.93. The van der Waals surface area contributed by atoms with Crippen LogP contribution in [0, 0.1) is 0 Å². The zero-order valence-corrected chi connectivity index (χ0v) is 8.44. The van der Waals surface area contributed by atoms with Gasteiger partial charge >= 0.3 is 0 Å². The van der Waals surface area contributed by atoms with E-state index in [0.717, 1.165) is 6.42 Å². The maximum absolute atomic E-state index is 5.65. The quantitative estimate of drug-likeness (QED) is 0.698. The van der Waals surface area contributed by atoms with Crippen molar-refractivity contribution in [3.8, 4) is 0 Å². The van der Waals surface area contributed by atoms with Crippen LogP contribution in [0.5, 0.6) is 0 Å². The molecule has 0 aromatic carbocycles. The van der Waals surface area contributed by atoms with Gasteiger partial charge in [-0.3, -0.25) is 0 Å². The summed E-state index contributed by atoms with van der Waals surface area (Å²) in [6.07, 6.45) is 4.91. The lowest BCUT2D eigenvalue weighted by molar-refractivity contribution is 0.598. The summed E-state index contributed by atoms with van der Waals surface area (Å²) in [4.78, 5) is 0. The molecule has 1 aromatic heterocycles. The van der Waals surface area contributed by atoms with Crippen LogP contribution in [0.4, 0.5) is 0 Å². The van der Waals surface area contributed by atoms with E-state index in [1.807, 2.05) is 0 Å². The van der Waals surface area contributed by atoms with Gasteiger partial charge in [-0.2, -0.15) is 11.3 Å². The molecule has 2 N–H and O–H groups in total. The van der Waals surface area contributed by atoms with Crippen LogP contribution < -0.4 is 5.73 Å². The molecule has 0 aliphatic carbocycles. The Kier molecular flexibility index (Phi) is 4.33. The average Bonchev–Trinajstić information content (AvgIpc) is 2.49. The molecule has 0 aliphatic heterocycles. The first kappa shape index (κ1) is 9.75. The monoisotopic (exact) mass is 183 g/mol. The van der Waals surface area contributed by atoms with Crippen LogP contribution in [0.2, 0.25) is 0 Å². The van der Waals surface area contributed by atoms with Crippen molar-refractivity contribution in [3.05, 3.63) is 22.4 Å². The minimum Gasteiger partial charge on any atom is -0.328 e. The second-order valence-corrected chi connectivity index (χ2v) is 4.13. The number of rotatable bonds is 5. The molecule has 1 rings (SSSR count). The molecule has 1 unspecified atom stereocenters. The van der Waals surface area contributed by atoms with Gasteiger partial charge in [0.1, 0.15) is 0 Å². The summed E-state index contributed by atoms with van der Waals surface area (Å²) >= 11 is 1.78. The van der Waals surface area contributed by atoms with Crippen LogP contribution in [-0.2, 0) is 6.42 Å². The first-order chi connectivity index (χ1) is 5.79. The molecule has 68 valence electrons. The Bertz CT molecular complexity index is 192. The molecule has 1 heterocycles. The zero-order chi connectivity index (χ0) is 8.81. The lowest BCUT2D eigenvalue weighted by Crippen LogP contribution is -2.13.